The zero-order valence-corrected chi connectivity index (χ0v) is 17.2. The molecule has 2 aliphatic heterocycles. The van der Waals surface area contributed by atoms with Crippen LogP contribution in [0.2, 0.25) is 0 Å². The highest BCUT2D eigenvalue weighted by molar-refractivity contribution is 7.80. The van der Waals surface area contributed by atoms with Crippen molar-refractivity contribution in [1.29, 1.82) is 0 Å². The molecule has 9 nitrogen and oxygen atoms in total. The van der Waals surface area contributed by atoms with E-state index in [0.29, 0.717) is 39.8 Å². The predicted molar refractivity (Wildman–Crippen MR) is 113 cm³/mol. The summed E-state index contributed by atoms with van der Waals surface area (Å²) >= 11 is 5.47. The Balaban J connectivity index is 1.73. The second-order valence-corrected chi connectivity index (χ2v) is 7.06. The summed E-state index contributed by atoms with van der Waals surface area (Å²) < 4.78 is 16.2. The first-order valence-corrected chi connectivity index (χ1v) is 9.29. The van der Waals surface area contributed by atoms with Crippen LogP contribution in [-0.4, -0.2) is 41.8 Å². The number of benzene rings is 2. The van der Waals surface area contributed by atoms with Gasteiger partial charge in [-0.05, 0) is 54.5 Å². The third-order valence-electron chi connectivity index (χ3n) is 4.88. The molecule has 1 fully saturated rings. The Morgan fingerprint density at radius 3 is 2.70 bits per heavy atom. The summed E-state index contributed by atoms with van der Waals surface area (Å²) in [6.07, 6.45) is 1.68. The minimum absolute atomic E-state index is 0.0506. The fraction of sp³-hybridized carbons (Fsp3) is 0.200. The van der Waals surface area contributed by atoms with Gasteiger partial charge in [-0.25, -0.2) is 0 Å². The molecule has 0 aromatic heterocycles. The summed E-state index contributed by atoms with van der Waals surface area (Å²) in [5, 5.41) is 11.3. The van der Waals surface area contributed by atoms with Crippen LogP contribution in [0.1, 0.15) is 11.1 Å². The Bertz CT molecular complexity index is 1130. The van der Waals surface area contributed by atoms with Crippen molar-refractivity contribution in [3.63, 3.8) is 0 Å². The van der Waals surface area contributed by atoms with Crippen molar-refractivity contribution in [1.82, 2.24) is 4.90 Å². The average molecular weight is 427 g/mol. The molecule has 0 atom stereocenters. The number of nitro groups is 1. The van der Waals surface area contributed by atoms with Crippen LogP contribution in [0.15, 0.2) is 36.0 Å². The van der Waals surface area contributed by atoms with E-state index >= 15 is 0 Å². The summed E-state index contributed by atoms with van der Waals surface area (Å²) in [6, 6.07) is 7.78. The summed E-state index contributed by atoms with van der Waals surface area (Å²) in [5.41, 5.74) is 2.04. The van der Waals surface area contributed by atoms with Crippen molar-refractivity contribution in [3.05, 3.63) is 57.3 Å². The molecule has 4 rings (SSSR count). The van der Waals surface area contributed by atoms with Crippen LogP contribution in [0.4, 0.5) is 11.4 Å². The normalized spacial score (nSPS) is 16.6. The number of fused-ring (bicyclic) bond motifs is 1. The molecule has 2 aromatic carbocycles. The molecule has 0 bridgehead atoms. The molecule has 154 valence electrons. The van der Waals surface area contributed by atoms with Crippen LogP contribution < -0.4 is 19.1 Å². The highest BCUT2D eigenvalue weighted by Crippen LogP contribution is 2.42. The number of non-ortho nitro benzene ring substituents is 1. The molecule has 0 spiro atoms. The predicted octanol–water partition coefficient (Wildman–Crippen LogP) is 3.24. The number of likely N-dealkylation sites (N-methyl/N-ethyl adjacent to an activating group) is 1. The van der Waals surface area contributed by atoms with E-state index in [2.05, 4.69) is 0 Å². The number of hydrogen-bond acceptors (Lipinski definition) is 7. The number of nitrogens with zero attached hydrogens (tertiary/aromatic N) is 3. The number of thiocarbonyl (C=S) groups is 1. The molecular weight excluding hydrogens is 410 g/mol. The third kappa shape index (κ3) is 3.11. The van der Waals surface area contributed by atoms with E-state index in [1.165, 1.54) is 30.2 Å². The molecular formula is C20H17N3O6S. The SMILES string of the molecule is COc1cc(C=C2C(=O)N(c3ccc([N+](=O)[O-])cc3C)C(=S)N2C)cc2c1OCO2. The first kappa shape index (κ1) is 19.6. The van der Waals surface area contributed by atoms with Crippen LogP contribution in [0, 0.1) is 17.0 Å². The third-order valence-corrected chi connectivity index (χ3v) is 5.33. The smallest absolute Gasteiger partial charge is 0.281 e. The molecule has 0 radical (unpaired) electrons. The van der Waals surface area contributed by atoms with E-state index in [9.17, 15) is 14.9 Å². The highest BCUT2D eigenvalue weighted by atomic mass is 32.1. The lowest BCUT2D eigenvalue weighted by atomic mass is 10.1. The Kier molecular flexibility index (Phi) is 4.78. The van der Waals surface area contributed by atoms with Gasteiger partial charge >= 0.3 is 0 Å². The number of aryl methyl sites for hydroxylation is 1. The Morgan fingerprint density at radius 1 is 1.27 bits per heavy atom. The van der Waals surface area contributed by atoms with E-state index in [4.69, 9.17) is 26.4 Å². The molecule has 0 N–H and O–H groups in total. The van der Waals surface area contributed by atoms with Gasteiger partial charge in [0, 0.05) is 19.2 Å². The zero-order valence-electron chi connectivity index (χ0n) is 16.4. The Hall–Kier alpha value is -3.66. The van der Waals surface area contributed by atoms with Crippen LogP contribution >= 0.6 is 12.2 Å². The fourth-order valence-corrected chi connectivity index (χ4v) is 3.64. The van der Waals surface area contributed by atoms with Gasteiger partial charge in [-0.2, -0.15) is 0 Å². The van der Waals surface area contributed by atoms with E-state index in [-0.39, 0.29) is 23.5 Å². The van der Waals surface area contributed by atoms with E-state index < -0.39 is 4.92 Å². The van der Waals surface area contributed by atoms with Crippen LogP contribution in [-0.2, 0) is 4.79 Å². The number of hydrogen-bond donors (Lipinski definition) is 0. The van der Waals surface area contributed by atoms with Crippen molar-refractivity contribution in [3.8, 4) is 17.2 Å². The molecule has 2 aliphatic rings. The number of anilines is 1. The topological polar surface area (TPSA) is 94.4 Å². The van der Waals surface area contributed by atoms with Gasteiger partial charge in [-0.15, -0.1) is 0 Å². The van der Waals surface area contributed by atoms with Gasteiger partial charge in [0.05, 0.1) is 17.7 Å². The summed E-state index contributed by atoms with van der Waals surface area (Å²) in [4.78, 5) is 26.7. The Morgan fingerprint density at radius 2 is 2.03 bits per heavy atom. The number of rotatable bonds is 4. The van der Waals surface area contributed by atoms with Crippen LogP contribution in [0.25, 0.3) is 6.08 Å². The van der Waals surface area contributed by atoms with Crippen molar-refractivity contribution in [2.45, 2.75) is 6.92 Å². The lowest BCUT2D eigenvalue weighted by molar-refractivity contribution is -0.384. The number of carbonyl (C=O) groups excluding carboxylic acids is 1. The van der Waals surface area contributed by atoms with E-state index in [1.807, 2.05) is 0 Å². The average Bonchev–Trinajstić information content (AvgIpc) is 3.27. The molecule has 30 heavy (non-hydrogen) atoms. The molecule has 1 saturated heterocycles. The van der Waals surface area contributed by atoms with Gasteiger partial charge in [-0.3, -0.25) is 19.8 Å². The molecule has 0 unspecified atom stereocenters. The van der Waals surface area contributed by atoms with Gasteiger partial charge < -0.3 is 19.1 Å². The summed E-state index contributed by atoms with van der Waals surface area (Å²) in [5.74, 6) is 1.20. The minimum atomic E-state index is -0.481. The maximum atomic E-state index is 13.2. The monoisotopic (exact) mass is 427 g/mol. The second kappa shape index (κ2) is 7.30. The number of nitro benzene ring substituents is 1. The van der Waals surface area contributed by atoms with E-state index in [1.54, 1.807) is 37.1 Å². The van der Waals surface area contributed by atoms with Gasteiger partial charge in [0.1, 0.15) is 5.70 Å². The highest BCUT2D eigenvalue weighted by Gasteiger charge is 2.38. The van der Waals surface area contributed by atoms with Gasteiger partial charge in [0.15, 0.2) is 16.6 Å². The van der Waals surface area contributed by atoms with Crippen molar-refractivity contribution in [2.75, 3.05) is 25.9 Å². The molecule has 10 heteroatoms. The lowest BCUT2D eigenvalue weighted by Crippen LogP contribution is -2.31. The Labute approximate surface area is 177 Å². The quantitative estimate of drug-likeness (QED) is 0.318. The second-order valence-electron chi connectivity index (χ2n) is 6.70. The molecule has 0 aliphatic carbocycles. The van der Waals surface area contributed by atoms with Crippen LogP contribution in [0.3, 0.4) is 0 Å². The van der Waals surface area contributed by atoms with Crippen molar-refractivity contribution < 1.29 is 23.9 Å². The standard InChI is InChI=1S/C20H17N3O6S/c1-11-6-13(23(25)26)4-5-14(11)22-19(24)15(21(2)20(22)30)7-12-8-16(27-3)18-17(9-12)28-10-29-18/h4-9H,10H2,1-3H3. The van der Waals surface area contributed by atoms with E-state index in [0.717, 1.165) is 0 Å². The number of amides is 1. The van der Waals surface area contributed by atoms with Gasteiger partial charge in [0.2, 0.25) is 12.5 Å². The molecule has 1 amide bonds. The number of carbonyl (C=O) groups is 1. The maximum absolute atomic E-state index is 13.2. The van der Waals surface area contributed by atoms with Crippen LogP contribution in [0.5, 0.6) is 17.2 Å². The van der Waals surface area contributed by atoms with Crippen molar-refractivity contribution in [2.24, 2.45) is 0 Å². The number of ether oxygens (including phenoxy) is 3. The summed E-state index contributed by atoms with van der Waals surface area (Å²) in [6.45, 7) is 1.80. The summed E-state index contributed by atoms with van der Waals surface area (Å²) in [7, 11) is 3.21. The van der Waals surface area contributed by atoms with Gasteiger partial charge in [0.25, 0.3) is 11.6 Å². The minimum Gasteiger partial charge on any atom is -0.493 e. The molecule has 2 heterocycles. The lowest BCUT2D eigenvalue weighted by Gasteiger charge is -2.18. The maximum Gasteiger partial charge on any atom is 0.281 e. The molecule has 2 aromatic rings. The number of methoxy groups -OCH3 is 1. The first-order valence-electron chi connectivity index (χ1n) is 8.88. The first-order chi connectivity index (χ1) is 14.3. The van der Waals surface area contributed by atoms with Gasteiger partial charge in [-0.1, -0.05) is 0 Å². The van der Waals surface area contributed by atoms with Crippen molar-refractivity contribution >= 4 is 40.7 Å². The zero-order chi connectivity index (χ0) is 21.6. The molecule has 0 saturated carbocycles. The largest absolute Gasteiger partial charge is 0.493 e. The fourth-order valence-electron chi connectivity index (χ4n) is 3.36.